The molecule has 166 valence electrons. The maximum Gasteiger partial charge on any atom is 0.236 e. The molecule has 0 bridgehead atoms. The van der Waals surface area contributed by atoms with Gasteiger partial charge in [0.2, 0.25) is 5.91 Å². The van der Waals surface area contributed by atoms with Crippen molar-refractivity contribution in [3.05, 3.63) is 95.8 Å². The summed E-state index contributed by atoms with van der Waals surface area (Å²) in [7, 11) is 0. The molecule has 1 atom stereocenters. The molecular formula is C26H29N3O3. The molecule has 2 heterocycles. The van der Waals surface area contributed by atoms with E-state index in [1.165, 1.54) is 5.56 Å². The van der Waals surface area contributed by atoms with Crippen LogP contribution in [0.4, 0.5) is 0 Å². The number of carbonyl (C=O) groups excluding carboxylic acids is 1. The van der Waals surface area contributed by atoms with Gasteiger partial charge in [0.1, 0.15) is 5.75 Å². The molecule has 1 N–H and O–H groups in total. The normalized spacial score (nSPS) is 17.3. The van der Waals surface area contributed by atoms with Gasteiger partial charge in [0.15, 0.2) is 0 Å². The molecule has 32 heavy (non-hydrogen) atoms. The van der Waals surface area contributed by atoms with Gasteiger partial charge in [-0.15, -0.1) is 0 Å². The van der Waals surface area contributed by atoms with Crippen molar-refractivity contribution in [1.29, 1.82) is 0 Å². The smallest absolute Gasteiger partial charge is 0.236 e. The number of hydrogen-bond donors (Lipinski definition) is 1. The van der Waals surface area contributed by atoms with Gasteiger partial charge in [0.25, 0.3) is 0 Å². The van der Waals surface area contributed by atoms with Crippen LogP contribution in [0.15, 0.2) is 79.1 Å². The zero-order valence-electron chi connectivity index (χ0n) is 18.1. The van der Waals surface area contributed by atoms with Gasteiger partial charge >= 0.3 is 0 Å². The third-order valence-electron chi connectivity index (χ3n) is 5.69. The molecular weight excluding hydrogens is 402 g/mol. The molecule has 4 rings (SSSR count). The van der Waals surface area contributed by atoms with E-state index in [4.69, 9.17) is 4.74 Å². The zero-order valence-corrected chi connectivity index (χ0v) is 18.1. The number of phenolic OH excluding ortho intramolecular Hbond substituents is 1. The summed E-state index contributed by atoms with van der Waals surface area (Å²) in [6, 6.07) is 21.3. The molecule has 1 fully saturated rings. The Morgan fingerprint density at radius 3 is 2.41 bits per heavy atom. The second kappa shape index (κ2) is 10.9. The predicted octanol–water partition coefficient (Wildman–Crippen LogP) is 3.26. The van der Waals surface area contributed by atoms with Gasteiger partial charge in [0.05, 0.1) is 19.3 Å². The average Bonchev–Trinajstić information content (AvgIpc) is 2.97. The highest BCUT2D eigenvalue weighted by Crippen LogP contribution is 2.16. The molecule has 1 saturated heterocycles. The van der Waals surface area contributed by atoms with E-state index < -0.39 is 0 Å². The standard InChI is InChI=1S/C26H29N3O3/c30-24-8-6-22(7-9-24)16-28-17-25(32-20-23-10-13-27-14-11-23)18-29(26(31)19-28)15-12-21-4-2-1-3-5-21/h1-11,13-14,25,30H,12,15-20H2/t25-/m0/s1. The van der Waals surface area contributed by atoms with Crippen LogP contribution >= 0.6 is 0 Å². The van der Waals surface area contributed by atoms with Crippen molar-refractivity contribution in [2.24, 2.45) is 0 Å². The van der Waals surface area contributed by atoms with Crippen LogP contribution in [0.1, 0.15) is 16.7 Å². The number of phenols is 1. The lowest BCUT2D eigenvalue weighted by atomic mass is 10.1. The van der Waals surface area contributed by atoms with Crippen LogP contribution in [0.5, 0.6) is 5.75 Å². The SMILES string of the molecule is O=C1CN(Cc2ccc(O)cc2)C[C@H](OCc2ccncc2)CN1CCc1ccccc1. The van der Waals surface area contributed by atoms with E-state index >= 15 is 0 Å². The molecule has 0 spiro atoms. The summed E-state index contributed by atoms with van der Waals surface area (Å²) in [6.45, 7) is 3.38. The van der Waals surface area contributed by atoms with E-state index in [-0.39, 0.29) is 17.8 Å². The minimum Gasteiger partial charge on any atom is -0.508 e. The lowest BCUT2D eigenvalue weighted by Crippen LogP contribution is -2.39. The summed E-state index contributed by atoms with van der Waals surface area (Å²) < 4.78 is 6.26. The van der Waals surface area contributed by atoms with Gasteiger partial charge in [-0.1, -0.05) is 42.5 Å². The number of hydrogen-bond acceptors (Lipinski definition) is 5. The fourth-order valence-corrected chi connectivity index (χ4v) is 3.95. The fraction of sp³-hybridized carbons (Fsp3) is 0.308. The Bertz CT molecular complexity index is 980. The van der Waals surface area contributed by atoms with Crippen molar-refractivity contribution in [3.8, 4) is 5.75 Å². The molecule has 6 heteroatoms. The van der Waals surface area contributed by atoms with Crippen LogP contribution in [0.3, 0.4) is 0 Å². The maximum absolute atomic E-state index is 13.1. The van der Waals surface area contributed by atoms with Crippen molar-refractivity contribution in [2.75, 3.05) is 26.2 Å². The Kier molecular flexibility index (Phi) is 7.48. The number of benzene rings is 2. The highest BCUT2D eigenvalue weighted by molar-refractivity contribution is 5.78. The third kappa shape index (κ3) is 6.39. The molecule has 0 unspecified atom stereocenters. The molecule has 1 amide bonds. The van der Waals surface area contributed by atoms with Gasteiger partial charge in [-0.2, -0.15) is 0 Å². The lowest BCUT2D eigenvalue weighted by molar-refractivity contribution is -0.131. The molecule has 2 aromatic carbocycles. The second-order valence-corrected chi connectivity index (χ2v) is 8.20. The van der Waals surface area contributed by atoms with Crippen molar-refractivity contribution in [3.63, 3.8) is 0 Å². The summed E-state index contributed by atoms with van der Waals surface area (Å²) in [5.74, 6) is 0.362. The molecule has 0 aliphatic carbocycles. The first-order chi connectivity index (χ1) is 15.7. The van der Waals surface area contributed by atoms with E-state index in [1.54, 1.807) is 24.5 Å². The summed E-state index contributed by atoms with van der Waals surface area (Å²) >= 11 is 0. The first-order valence-corrected chi connectivity index (χ1v) is 11.0. The number of rotatable bonds is 8. The first kappa shape index (κ1) is 22.0. The summed E-state index contributed by atoms with van der Waals surface area (Å²) in [5.41, 5.74) is 3.34. The van der Waals surface area contributed by atoms with Crippen molar-refractivity contribution in [1.82, 2.24) is 14.8 Å². The molecule has 1 aromatic heterocycles. The highest BCUT2D eigenvalue weighted by Gasteiger charge is 2.28. The summed E-state index contributed by atoms with van der Waals surface area (Å²) in [5, 5.41) is 9.56. The molecule has 0 saturated carbocycles. The Morgan fingerprint density at radius 2 is 1.66 bits per heavy atom. The monoisotopic (exact) mass is 431 g/mol. The number of aromatic hydroxyl groups is 1. The minimum absolute atomic E-state index is 0.0949. The average molecular weight is 432 g/mol. The molecule has 3 aromatic rings. The second-order valence-electron chi connectivity index (χ2n) is 8.20. The summed E-state index contributed by atoms with van der Waals surface area (Å²) in [4.78, 5) is 21.2. The van der Waals surface area contributed by atoms with Crippen LogP contribution in [0.25, 0.3) is 0 Å². The Labute approximate surface area is 189 Å². The van der Waals surface area contributed by atoms with E-state index in [2.05, 4.69) is 22.0 Å². The molecule has 6 nitrogen and oxygen atoms in total. The van der Waals surface area contributed by atoms with Crippen molar-refractivity contribution >= 4 is 5.91 Å². The molecule has 1 aliphatic rings. The number of ether oxygens (including phenoxy) is 1. The van der Waals surface area contributed by atoms with Crippen LogP contribution in [0.2, 0.25) is 0 Å². The molecule has 0 radical (unpaired) electrons. The number of carbonyl (C=O) groups is 1. The van der Waals surface area contributed by atoms with Crippen LogP contribution < -0.4 is 0 Å². The Morgan fingerprint density at radius 1 is 0.906 bits per heavy atom. The maximum atomic E-state index is 13.1. The van der Waals surface area contributed by atoms with Crippen LogP contribution in [0, 0.1) is 0 Å². The highest BCUT2D eigenvalue weighted by atomic mass is 16.5. The quantitative estimate of drug-likeness (QED) is 0.593. The van der Waals surface area contributed by atoms with Gasteiger partial charge in [-0.05, 0) is 47.4 Å². The number of aromatic nitrogens is 1. The summed E-state index contributed by atoms with van der Waals surface area (Å²) in [6.07, 6.45) is 4.25. The predicted molar refractivity (Wildman–Crippen MR) is 123 cm³/mol. The van der Waals surface area contributed by atoms with Gasteiger partial charge in [-0.25, -0.2) is 0 Å². The van der Waals surface area contributed by atoms with Crippen LogP contribution in [-0.4, -0.2) is 58.1 Å². The first-order valence-electron chi connectivity index (χ1n) is 11.0. The van der Waals surface area contributed by atoms with E-state index in [9.17, 15) is 9.90 Å². The number of nitrogens with zero attached hydrogens (tertiary/aromatic N) is 3. The van der Waals surface area contributed by atoms with Crippen molar-refractivity contribution in [2.45, 2.75) is 25.7 Å². The molecule has 1 aliphatic heterocycles. The van der Waals surface area contributed by atoms with Gasteiger partial charge in [0, 0.05) is 38.6 Å². The van der Waals surface area contributed by atoms with Gasteiger partial charge < -0.3 is 14.7 Å². The van der Waals surface area contributed by atoms with Gasteiger partial charge in [-0.3, -0.25) is 14.7 Å². The van der Waals surface area contributed by atoms with Crippen LogP contribution in [-0.2, 0) is 29.1 Å². The Hall–Kier alpha value is -3.22. The van der Waals surface area contributed by atoms with E-state index in [0.29, 0.717) is 39.3 Å². The van der Waals surface area contributed by atoms with E-state index in [1.807, 2.05) is 47.4 Å². The fourth-order valence-electron chi connectivity index (χ4n) is 3.95. The van der Waals surface area contributed by atoms with Crippen molar-refractivity contribution < 1.29 is 14.6 Å². The minimum atomic E-state index is -0.0949. The number of amides is 1. The third-order valence-corrected chi connectivity index (χ3v) is 5.69. The number of pyridine rings is 1. The zero-order chi connectivity index (χ0) is 22.2. The lowest BCUT2D eigenvalue weighted by Gasteiger charge is -2.25. The van der Waals surface area contributed by atoms with E-state index in [0.717, 1.165) is 17.5 Å². The largest absolute Gasteiger partial charge is 0.508 e. The Balaban J connectivity index is 1.44. The topological polar surface area (TPSA) is 65.9 Å².